The molecule has 1 rings (SSSR count). The number of pyridine rings is 1. The Labute approximate surface area is 107 Å². The quantitative estimate of drug-likeness (QED) is 0.254. The molecule has 0 saturated heterocycles. The highest BCUT2D eigenvalue weighted by atomic mass is 16.6. The van der Waals surface area contributed by atoms with Crippen LogP contribution in [0, 0.1) is 10.1 Å². The average molecular weight is 269 g/mol. The summed E-state index contributed by atoms with van der Waals surface area (Å²) in [6, 6.07) is 2.36. The Morgan fingerprint density at radius 3 is 2.84 bits per heavy atom. The first kappa shape index (κ1) is 14.6. The lowest BCUT2D eigenvalue weighted by Crippen LogP contribution is -2.23. The molecule has 10 nitrogen and oxygen atoms in total. The molecule has 1 heterocycles. The van der Waals surface area contributed by atoms with Crippen LogP contribution in [-0.2, 0) is 0 Å². The first-order valence-electron chi connectivity index (χ1n) is 5.07. The van der Waals surface area contributed by atoms with Crippen LogP contribution in [0.5, 0.6) is 5.88 Å². The predicted octanol–water partition coefficient (Wildman–Crippen LogP) is 0.703. The molecule has 1 aromatic rings. The molecule has 102 valence electrons. The summed E-state index contributed by atoms with van der Waals surface area (Å²) in [6.07, 6.45) is -3.17. The van der Waals surface area contributed by atoms with Gasteiger partial charge in [-0.25, -0.2) is 4.98 Å². The van der Waals surface area contributed by atoms with Crippen LogP contribution >= 0.6 is 0 Å². The number of nitro groups is 1. The zero-order chi connectivity index (χ0) is 14.4. The van der Waals surface area contributed by atoms with E-state index in [4.69, 9.17) is 10.3 Å². The topological polar surface area (TPSA) is 154 Å². The Bertz CT molecular complexity index is 516. The van der Waals surface area contributed by atoms with Crippen LogP contribution in [0.3, 0.4) is 0 Å². The van der Waals surface area contributed by atoms with Crippen molar-refractivity contribution in [3.05, 3.63) is 38.4 Å². The lowest BCUT2D eigenvalue weighted by Gasteiger charge is -2.15. The van der Waals surface area contributed by atoms with Crippen molar-refractivity contribution in [3.63, 3.8) is 0 Å². The van der Waals surface area contributed by atoms with Gasteiger partial charge in [-0.1, -0.05) is 5.11 Å². The summed E-state index contributed by atoms with van der Waals surface area (Å²) in [5.41, 5.74) is 7.29. The third-order valence-electron chi connectivity index (χ3n) is 2.26. The number of hydrogen-bond acceptors (Lipinski definition) is 7. The van der Waals surface area contributed by atoms with Crippen LogP contribution < -0.4 is 4.74 Å². The number of aliphatic hydroxyl groups excluding tert-OH is 2. The Morgan fingerprint density at radius 2 is 2.32 bits per heavy atom. The molecule has 0 radical (unpaired) electrons. The molecular formula is C9H11N5O5. The second-order valence-electron chi connectivity index (χ2n) is 3.44. The Hall–Kier alpha value is -2.42. The molecule has 0 amide bonds. The van der Waals surface area contributed by atoms with Crippen LogP contribution in [-0.4, -0.2) is 39.9 Å². The molecular weight excluding hydrogens is 258 g/mol. The van der Waals surface area contributed by atoms with E-state index >= 15 is 0 Å². The lowest BCUT2D eigenvalue weighted by atomic mass is 10.1. The third-order valence-corrected chi connectivity index (χ3v) is 2.26. The standard InChI is InChI=1S/C9H11N5O5/c1-19-7-3-2-5(14(17)18)8(12-7)9(16)6(15)4-11-13-10/h2-3,6,9,15-16H,4H2,1H3. The van der Waals surface area contributed by atoms with Gasteiger partial charge in [0.15, 0.2) is 5.69 Å². The van der Waals surface area contributed by atoms with Gasteiger partial charge in [0.25, 0.3) is 5.69 Å². The first-order chi connectivity index (χ1) is 9.01. The van der Waals surface area contributed by atoms with Crippen LogP contribution in [0.25, 0.3) is 10.4 Å². The van der Waals surface area contributed by atoms with Gasteiger partial charge in [0.1, 0.15) is 6.10 Å². The molecule has 0 fully saturated rings. The smallest absolute Gasteiger partial charge is 0.293 e. The predicted molar refractivity (Wildman–Crippen MR) is 62.4 cm³/mol. The minimum Gasteiger partial charge on any atom is -0.481 e. The van der Waals surface area contributed by atoms with E-state index in [1.807, 2.05) is 0 Å². The van der Waals surface area contributed by atoms with Crippen molar-refractivity contribution in [3.8, 4) is 5.88 Å². The molecule has 1 aromatic heterocycles. The van der Waals surface area contributed by atoms with Gasteiger partial charge in [-0.2, -0.15) is 0 Å². The highest BCUT2D eigenvalue weighted by Gasteiger charge is 2.28. The van der Waals surface area contributed by atoms with Crippen molar-refractivity contribution in [1.29, 1.82) is 0 Å². The van der Waals surface area contributed by atoms with Gasteiger partial charge >= 0.3 is 0 Å². The van der Waals surface area contributed by atoms with Gasteiger partial charge < -0.3 is 14.9 Å². The molecule has 0 bridgehead atoms. The highest BCUT2D eigenvalue weighted by molar-refractivity contribution is 5.39. The van der Waals surface area contributed by atoms with E-state index in [9.17, 15) is 20.3 Å². The minimum atomic E-state index is -1.67. The Morgan fingerprint density at radius 1 is 1.63 bits per heavy atom. The molecule has 0 aromatic carbocycles. The van der Waals surface area contributed by atoms with E-state index in [1.165, 1.54) is 13.2 Å². The SMILES string of the molecule is COc1ccc([N+](=O)[O-])c(C(O)C(O)CN=[N+]=[N-])n1. The summed E-state index contributed by atoms with van der Waals surface area (Å²) in [5.74, 6) is 0.0515. The Kier molecular flexibility index (Phi) is 5.01. The number of azide groups is 1. The monoisotopic (exact) mass is 269 g/mol. The maximum atomic E-state index is 10.8. The van der Waals surface area contributed by atoms with Crippen molar-refractivity contribution < 1.29 is 19.9 Å². The molecule has 0 aliphatic carbocycles. The summed E-state index contributed by atoms with van der Waals surface area (Å²) in [7, 11) is 1.31. The van der Waals surface area contributed by atoms with Crippen LogP contribution in [0.15, 0.2) is 17.2 Å². The number of ether oxygens (including phenoxy) is 1. The molecule has 0 saturated carbocycles. The number of aliphatic hydroxyl groups is 2. The van der Waals surface area contributed by atoms with Crippen LogP contribution in [0.1, 0.15) is 11.8 Å². The molecule has 0 aliphatic rings. The summed E-state index contributed by atoms with van der Waals surface area (Å²) in [4.78, 5) is 16.2. The fourth-order valence-electron chi connectivity index (χ4n) is 1.34. The van der Waals surface area contributed by atoms with E-state index < -0.39 is 29.4 Å². The van der Waals surface area contributed by atoms with Crippen LogP contribution in [0.4, 0.5) is 5.69 Å². The highest BCUT2D eigenvalue weighted by Crippen LogP contribution is 2.27. The van der Waals surface area contributed by atoms with Gasteiger partial charge in [-0.05, 0) is 5.53 Å². The van der Waals surface area contributed by atoms with Gasteiger partial charge in [-0.3, -0.25) is 10.1 Å². The molecule has 10 heteroatoms. The molecule has 0 aliphatic heterocycles. The molecule has 19 heavy (non-hydrogen) atoms. The van der Waals surface area contributed by atoms with E-state index in [0.717, 1.165) is 6.07 Å². The lowest BCUT2D eigenvalue weighted by molar-refractivity contribution is -0.386. The Balaban J connectivity index is 3.14. The van der Waals surface area contributed by atoms with Gasteiger partial charge in [-0.15, -0.1) is 0 Å². The summed E-state index contributed by atoms with van der Waals surface area (Å²) in [5, 5.41) is 33.3. The van der Waals surface area contributed by atoms with Crippen molar-refractivity contribution in [2.75, 3.05) is 13.7 Å². The fourth-order valence-corrected chi connectivity index (χ4v) is 1.34. The number of hydrogen-bond donors (Lipinski definition) is 2. The molecule has 2 unspecified atom stereocenters. The van der Waals surface area contributed by atoms with E-state index in [1.54, 1.807) is 0 Å². The zero-order valence-electron chi connectivity index (χ0n) is 9.87. The first-order valence-corrected chi connectivity index (χ1v) is 5.07. The average Bonchev–Trinajstić information content (AvgIpc) is 2.42. The summed E-state index contributed by atoms with van der Waals surface area (Å²) < 4.78 is 4.79. The largest absolute Gasteiger partial charge is 0.481 e. The fraction of sp³-hybridized carbons (Fsp3) is 0.444. The van der Waals surface area contributed by atoms with Gasteiger partial charge in [0, 0.05) is 17.0 Å². The van der Waals surface area contributed by atoms with E-state index in [-0.39, 0.29) is 11.6 Å². The zero-order valence-corrected chi connectivity index (χ0v) is 9.87. The molecule has 0 spiro atoms. The maximum Gasteiger partial charge on any atom is 0.293 e. The molecule has 2 N–H and O–H groups in total. The normalized spacial score (nSPS) is 13.2. The minimum absolute atomic E-state index is 0.0515. The van der Waals surface area contributed by atoms with E-state index in [2.05, 4.69) is 15.0 Å². The number of methoxy groups -OCH3 is 1. The number of rotatable bonds is 6. The number of nitrogens with zero attached hydrogens (tertiary/aromatic N) is 5. The summed E-state index contributed by atoms with van der Waals surface area (Å²) >= 11 is 0. The van der Waals surface area contributed by atoms with Crippen molar-refractivity contribution in [1.82, 2.24) is 4.98 Å². The van der Waals surface area contributed by atoms with Crippen molar-refractivity contribution >= 4 is 5.69 Å². The van der Waals surface area contributed by atoms with Crippen LogP contribution in [0.2, 0.25) is 0 Å². The van der Waals surface area contributed by atoms with Crippen molar-refractivity contribution in [2.24, 2.45) is 5.11 Å². The third kappa shape index (κ3) is 3.52. The summed E-state index contributed by atoms with van der Waals surface area (Å²) in [6.45, 7) is -0.437. The van der Waals surface area contributed by atoms with Gasteiger partial charge in [0.2, 0.25) is 5.88 Å². The van der Waals surface area contributed by atoms with Crippen molar-refractivity contribution in [2.45, 2.75) is 12.2 Å². The second-order valence-corrected chi connectivity index (χ2v) is 3.44. The van der Waals surface area contributed by atoms with Gasteiger partial charge in [0.05, 0.1) is 24.7 Å². The second kappa shape index (κ2) is 6.50. The maximum absolute atomic E-state index is 10.8. The number of aromatic nitrogens is 1. The van der Waals surface area contributed by atoms with E-state index in [0.29, 0.717) is 0 Å². The molecule has 2 atom stereocenters.